The van der Waals surface area contributed by atoms with Crippen LogP contribution in [0.25, 0.3) is 10.9 Å². The zero-order valence-corrected chi connectivity index (χ0v) is 21.4. The molecule has 2 heterocycles. The Morgan fingerprint density at radius 1 is 1.08 bits per heavy atom. The number of aromatic nitrogens is 1. The summed E-state index contributed by atoms with van der Waals surface area (Å²) in [6, 6.07) is 11.4. The Labute approximate surface area is 210 Å². The number of Topliss-reactive ketones (excluding diaryl/α,β-unsaturated/α-hetero) is 1. The molecule has 1 fully saturated rings. The van der Waals surface area contributed by atoms with Crippen molar-refractivity contribution in [2.24, 2.45) is 0 Å². The zero-order chi connectivity index (χ0) is 26.2. The number of aromatic amines is 1. The van der Waals surface area contributed by atoms with Crippen LogP contribution in [0.15, 0.2) is 42.5 Å². The number of nitrogens with one attached hydrogen (secondary N) is 2. The summed E-state index contributed by atoms with van der Waals surface area (Å²) in [6.45, 7) is 11.9. The number of aryl methyl sites for hydroxylation is 1. The molecule has 2 aromatic carbocycles. The van der Waals surface area contributed by atoms with Crippen molar-refractivity contribution >= 4 is 28.5 Å². The largest absolute Gasteiger partial charge is 0.358 e. The number of piperazine rings is 1. The van der Waals surface area contributed by atoms with E-state index in [1.807, 2.05) is 39.5 Å². The summed E-state index contributed by atoms with van der Waals surface area (Å²) in [7, 11) is 0. The Balaban J connectivity index is 1.53. The summed E-state index contributed by atoms with van der Waals surface area (Å²) in [6.07, 6.45) is 0. The van der Waals surface area contributed by atoms with Gasteiger partial charge in [-0.2, -0.15) is 0 Å². The van der Waals surface area contributed by atoms with Crippen molar-refractivity contribution in [3.63, 3.8) is 0 Å². The highest BCUT2D eigenvalue weighted by atomic mass is 19.1. The molecule has 0 bridgehead atoms. The van der Waals surface area contributed by atoms with Gasteiger partial charge in [-0.1, -0.05) is 12.1 Å². The molecule has 0 unspecified atom stereocenters. The molecule has 0 saturated carbocycles. The fourth-order valence-corrected chi connectivity index (χ4v) is 4.74. The predicted octanol–water partition coefficient (Wildman–Crippen LogP) is 4.06. The third-order valence-corrected chi connectivity index (χ3v) is 6.45. The molecular formula is C28H33FN4O3. The lowest BCUT2D eigenvalue weighted by Crippen LogP contribution is -2.53. The van der Waals surface area contributed by atoms with E-state index < -0.39 is 17.2 Å². The monoisotopic (exact) mass is 492 g/mol. The number of benzene rings is 2. The van der Waals surface area contributed by atoms with Crippen molar-refractivity contribution in [3.05, 3.63) is 70.7 Å². The number of fused-ring (bicyclic) bond motifs is 1. The van der Waals surface area contributed by atoms with Gasteiger partial charge in [0, 0.05) is 59.9 Å². The SMILES string of the molecule is Cc1[nH]c2ccc(C(=O)C(=O)NC(C)(C)C)cc2c1C(=O)N1CCN(Cc2ccc(F)cc2)C[C@H]1C. The number of ketones is 1. The zero-order valence-electron chi connectivity index (χ0n) is 21.4. The first-order valence-electron chi connectivity index (χ1n) is 12.2. The van der Waals surface area contributed by atoms with Crippen molar-refractivity contribution in [2.45, 2.75) is 52.7 Å². The highest BCUT2D eigenvalue weighted by Gasteiger charge is 2.31. The van der Waals surface area contributed by atoms with Crippen molar-refractivity contribution in [1.82, 2.24) is 20.1 Å². The number of carbonyl (C=O) groups is 3. The van der Waals surface area contributed by atoms with Crippen LogP contribution < -0.4 is 5.32 Å². The maximum Gasteiger partial charge on any atom is 0.292 e. The van der Waals surface area contributed by atoms with Crippen LogP contribution in [0.3, 0.4) is 0 Å². The van der Waals surface area contributed by atoms with Crippen LogP contribution in [0.4, 0.5) is 4.39 Å². The average Bonchev–Trinajstić information content (AvgIpc) is 3.13. The van der Waals surface area contributed by atoms with Gasteiger partial charge in [-0.15, -0.1) is 0 Å². The maximum atomic E-state index is 13.7. The topological polar surface area (TPSA) is 85.5 Å². The first-order chi connectivity index (χ1) is 16.9. The van der Waals surface area contributed by atoms with E-state index in [2.05, 4.69) is 15.2 Å². The number of rotatable bonds is 5. The quantitative estimate of drug-likeness (QED) is 0.416. The minimum absolute atomic E-state index is 0.0292. The summed E-state index contributed by atoms with van der Waals surface area (Å²) in [5.41, 5.74) is 2.73. The molecule has 8 heteroatoms. The molecule has 1 saturated heterocycles. The second-order valence-electron chi connectivity index (χ2n) is 10.6. The molecule has 2 N–H and O–H groups in total. The van der Waals surface area contributed by atoms with E-state index in [4.69, 9.17) is 0 Å². The lowest BCUT2D eigenvalue weighted by atomic mass is 10.0. The summed E-state index contributed by atoms with van der Waals surface area (Å²) < 4.78 is 13.2. The molecule has 1 aliphatic heterocycles. The van der Waals surface area contributed by atoms with Gasteiger partial charge in [-0.05, 0) is 70.5 Å². The van der Waals surface area contributed by atoms with E-state index in [-0.39, 0.29) is 23.3 Å². The van der Waals surface area contributed by atoms with Crippen LogP contribution in [0.1, 0.15) is 59.7 Å². The molecule has 4 rings (SSSR count). The molecular weight excluding hydrogens is 459 g/mol. The number of halogens is 1. The van der Waals surface area contributed by atoms with Gasteiger partial charge in [0.05, 0.1) is 5.56 Å². The number of carbonyl (C=O) groups excluding carboxylic acids is 3. The molecule has 36 heavy (non-hydrogen) atoms. The van der Waals surface area contributed by atoms with Crippen LogP contribution >= 0.6 is 0 Å². The number of H-pyrrole nitrogens is 1. The van der Waals surface area contributed by atoms with Crippen molar-refractivity contribution in [2.75, 3.05) is 19.6 Å². The normalized spacial score (nSPS) is 16.8. The minimum atomic E-state index is -0.673. The standard InChI is InChI=1S/C28H33FN4O3/c1-17-15-32(16-19-6-9-21(29)10-7-19)12-13-33(17)27(36)24-18(2)30-23-11-8-20(14-22(23)24)25(34)26(35)31-28(3,4)5/h6-11,14,17,30H,12-13,15-16H2,1-5H3,(H,31,35)/t17-/m1/s1. The van der Waals surface area contributed by atoms with Gasteiger partial charge in [0.15, 0.2) is 0 Å². The molecule has 3 aromatic rings. The Kier molecular flexibility index (Phi) is 7.00. The number of nitrogens with zero attached hydrogens (tertiary/aromatic N) is 2. The Morgan fingerprint density at radius 3 is 2.42 bits per heavy atom. The van der Waals surface area contributed by atoms with Crippen molar-refractivity contribution in [1.29, 1.82) is 0 Å². The second kappa shape index (κ2) is 9.85. The Bertz CT molecular complexity index is 1310. The van der Waals surface area contributed by atoms with Crippen LogP contribution in [0, 0.1) is 12.7 Å². The first-order valence-corrected chi connectivity index (χ1v) is 12.2. The maximum absolute atomic E-state index is 13.7. The predicted molar refractivity (Wildman–Crippen MR) is 137 cm³/mol. The molecule has 7 nitrogen and oxygen atoms in total. The van der Waals surface area contributed by atoms with E-state index in [0.29, 0.717) is 37.1 Å². The highest BCUT2D eigenvalue weighted by Crippen LogP contribution is 2.27. The highest BCUT2D eigenvalue weighted by molar-refractivity contribution is 6.43. The van der Waals surface area contributed by atoms with Gasteiger partial charge in [-0.25, -0.2) is 4.39 Å². The van der Waals surface area contributed by atoms with Crippen molar-refractivity contribution in [3.8, 4) is 0 Å². The van der Waals surface area contributed by atoms with E-state index in [9.17, 15) is 18.8 Å². The summed E-state index contributed by atoms with van der Waals surface area (Å²) in [5, 5.41) is 3.33. The molecule has 2 amide bonds. The Hall–Kier alpha value is -3.52. The minimum Gasteiger partial charge on any atom is -0.358 e. The lowest BCUT2D eigenvalue weighted by Gasteiger charge is -2.40. The van der Waals surface area contributed by atoms with Crippen molar-refractivity contribution < 1.29 is 18.8 Å². The van der Waals surface area contributed by atoms with E-state index in [1.54, 1.807) is 30.3 Å². The molecule has 0 aliphatic carbocycles. The first kappa shape index (κ1) is 25.6. The van der Waals surface area contributed by atoms with Gasteiger partial charge < -0.3 is 15.2 Å². The van der Waals surface area contributed by atoms with Crippen LogP contribution in [0.2, 0.25) is 0 Å². The molecule has 190 valence electrons. The number of amides is 2. The van der Waals surface area contributed by atoms with Gasteiger partial charge in [-0.3, -0.25) is 19.3 Å². The molecule has 1 aromatic heterocycles. The lowest BCUT2D eigenvalue weighted by molar-refractivity contribution is -0.118. The fourth-order valence-electron chi connectivity index (χ4n) is 4.74. The summed E-state index contributed by atoms with van der Waals surface area (Å²) in [5.74, 6) is -1.66. The molecule has 1 atom stereocenters. The summed E-state index contributed by atoms with van der Waals surface area (Å²) in [4.78, 5) is 46.2. The van der Waals surface area contributed by atoms with Crippen LogP contribution in [0.5, 0.6) is 0 Å². The number of hydrogen-bond donors (Lipinski definition) is 2. The van der Waals surface area contributed by atoms with Crippen LogP contribution in [-0.4, -0.2) is 63.6 Å². The molecule has 0 radical (unpaired) electrons. The van der Waals surface area contributed by atoms with Gasteiger partial charge in [0.25, 0.3) is 11.8 Å². The third-order valence-electron chi connectivity index (χ3n) is 6.45. The Morgan fingerprint density at radius 2 is 1.78 bits per heavy atom. The van der Waals surface area contributed by atoms with Crippen LogP contribution in [-0.2, 0) is 11.3 Å². The molecule has 1 aliphatic rings. The number of hydrogen-bond acceptors (Lipinski definition) is 4. The van der Waals surface area contributed by atoms with Gasteiger partial charge in [0.1, 0.15) is 5.82 Å². The smallest absolute Gasteiger partial charge is 0.292 e. The average molecular weight is 493 g/mol. The van der Waals surface area contributed by atoms with E-state index in [1.165, 1.54) is 12.1 Å². The second-order valence-corrected chi connectivity index (χ2v) is 10.6. The van der Waals surface area contributed by atoms with E-state index in [0.717, 1.165) is 16.8 Å². The third kappa shape index (κ3) is 5.49. The van der Waals surface area contributed by atoms with E-state index >= 15 is 0 Å². The fraction of sp³-hybridized carbons (Fsp3) is 0.393. The molecule has 0 spiro atoms. The summed E-state index contributed by atoms with van der Waals surface area (Å²) >= 11 is 0. The van der Waals surface area contributed by atoms with Gasteiger partial charge in [0.2, 0.25) is 5.78 Å². The van der Waals surface area contributed by atoms with Gasteiger partial charge >= 0.3 is 0 Å².